The Morgan fingerprint density at radius 3 is 1.73 bits per heavy atom. The molecule has 62 heavy (non-hydrogen) atoms. The van der Waals surface area contributed by atoms with Gasteiger partial charge in [-0.15, -0.1) is 11.3 Å². The summed E-state index contributed by atoms with van der Waals surface area (Å²) in [6, 6.07) is 70.1. The third-order valence-corrected chi connectivity index (χ3v) is 12.8. The van der Waals surface area contributed by atoms with E-state index in [-0.39, 0.29) is 5.84 Å². The summed E-state index contributed by atoms with van der Waals surface area (Å²) < 4.78 is 8.99. The molecule has 12 rings (SSSR count). The third kappa shape index (κ3) is 7.13. The molecule has 12 aromatic rings. The van der Waals surface area contributed by atoms with Crippen LogP contribution >= 0.6 is 11.3 Å². The Morgan fingerprint density at radius 1 is 0.468 bits per heavy atom. The smallest absolute Gasteiger partial charge is 0.136 e. The van der Waals surface area contributed by atoms with Crippen molar-refractivity contribution in [3.05, 3.63) is 217 Å². The zero-order valence-electron chi connectivity index (χ0n) is 34.2. The van der Waals surface area contributed by atoms with Crippen molar-refractivity contribution in [2.75, 3.05) is 0 Å². The van der Waals surface area contributed by atoms with Crippen molar-refractivity contribution >= 4 is 91.6 Å². The van der Waals surface area contributed by atoms with E-state index in [1.165, 1.54) is 91.3 Å². The number of amidine groups is 1. The van der Waals surface area contributed by atoms with Crippen LogP contribution in [0.3, 0.4) is 0 Å². The van der Waals surface area contributed by atoms with Gasteiger partial charge in [0, 0.05) is 43.1 Å². The maximum absolute atomic E-state index is 7.01. The second-order valence-electron chi connectivity index (χ2n) is 15.6. The van der Waals surface area contributed by atoms with Gasteiger partial charge >= 0.3 is 0 Å². The second-order valence-corrected chi connectivity index (χ2v) is 16.7. The number of rotatable bonds is 4. The second kappa shape index (κ2) is 16.5. The van der Waals surface area contributed by atoms with Crippen molar-refractivity contribution in [3.8, 4) is 22.3 Å². The van der Waals surface area contributed by atoms with Gasteiger partial charge in [0.25, 0.3) is 0 Å². The number of thiophene rings is 1. The first-order valence-corrected chi connectivity index (χ1v) is 21.6. The Bertz CT molecular complexity index is 3590. The number of hydrogen-bond donors (Lipinski definition) is 3. The van der Waals surface area contributed by atoms with Crippen LogP contribution in [0.25, 0.3) is 96.7 Å². The summed E-state index contributed by atoms with van der Waals surface area (Å²) in [6.07, 6.45) is 0. The molecule has 0 aliphatic rings. The van der Waals surface area contributed by atoms with Crippen LogP contribution in [0.2, 0.25) is 0 Å². The molecule has 5 N–H and O–H groups in total. The number of furan rings is 1. The summed E-state index contributed by atoms with van der Waals surface area (Å²) >= 11 is 1.84. The van der Waals surface area contributed by atoms with Crippen molar-refractivity contribution in [2.24, 2.45) is 11.5 Å². The van der Waals surface area contributed by atoms with Crippen LogP contribution in [-0.2, 0) is 6.54 Å². The van der Waals surface area contributed by atoms with E-state index >= 15 is 0 Å². The Labute approximate surface area is 363 Å². The molecule has 0 unspecified atom stereocenters. The molecule has 0 fully saturated rings. The highest BCUT2D eigenvalue weighted by Crippen LogP contribution is 2.41. The molecule has 0 spiro atoms. The number of aryl methyl sites for hydroxylation is 1. The fraction of sp³-hybridized carbons (Fsp3) is 0.0351. The van der Waals surface area contributed by atoms with Crippen LogP contribution in [0.15, 0.2) is 205 Å². The number of nitrogens with one attached hydrogen (secondary N) is 1. The zero-order valence-corrected chi connectivity index (χ0v) is 35.0. The standard InChI is InChI=1S/C37H24O.C13H11NS.C7H8N2/c1-23-8-6-9-26(20-23)27-14-7-15-36-37(27)34-22-25(17-19-35(34)38-36)24-16-18-32-30-12-3-2-10-28(30)29-11-4-5-13-31(29)33(32)21-24;14-8-9-4-3-7-12-13(9)10-5-1-2-6-11(10)15-12;8-7(9)6-4-2-1-3-5-6/h2-22H,1H3;1-7H,8,14H2;1-5H,(H3,8,9). The zero-order chi connectivity index (χ0) is 42.2. The molecule has 2 aromatic heterocycles. The number of hydrogen-bond acceptors (Lipinski definition) is 4. The molecule has 0 aliphatic carbocycles. The molecule has 0 aliphatic heterocycles. The average Bonchev–Trinajstić information content (AvgIpc) is 3.91. The molecule has 5 heteroatoms. The largest absolute Gasteiger partial charge is 0.456 e. The van der Waals surface area contributed by atoms with E-state index in [2.05, 4.69) is 177 Å². The fourth-order valence-corrected chi connectivity index (χ4v) is 9.94. The van der Waals surface area contributed by atoms with Gasteiger partial charge in [-0.3, -0.25) is 5.41 Å². The lowest BCUT2D eigenvalue weighted by atomic mass is 9.91. The molecule has 0 atom stereocenters. The van der Waals surface area contributed by atoms with Crippen molar-refractivity contribution in [3.63, 3.8) is 0 Å². The van der Waals surface area contributed by atoms with Crippen molar-refractivity contribution < 1.29 is 4.42 Å². The Morgan fingerprint density at radius 2 is 1.05 bits per heavy atom. The molecule has 298 valence electrons. The van der Waals surface area contributed by atoms with Gasteiger partial charge in [-0.05, 0) is 103 Å². The fourth-order valence-electron chi connectivity index (χ4n) is 8.78. The first-order valence-electron chi connectivity index (χ1n) is 20.8. The summed E-state index contributed by atoms with van der Waals surface area (Å²) in [6.45, 7) is 2.75. The van der Waals surface area contributed by atoms with Gasteiger partial charge in [-0.1, -0.05) is 169 Å². The monoisotopic (exact) mass is 817 g/mol. The van der Waals surface area contributed by atoms with Crippen molar-refractivity contribution in [2.45, 2.75) is 13.5 Å². The van der Waals surface area contributed by atoms with Crippen LogP contribution in [0.5, 0.6) is 0 Å². The molecule has 4 nitrogen and oxygen atoms in total. The molecule has 0 bridgehead atoms. The molecule has 0 saturated carbocycles. The van der Waals surface area contributed by atoms with E-state index in [0.717, 1.165) is 22.1 Å². The predicted octanol–water partition coefficient (Wildman–Crippen LogP) is 15.2. The Hall–Kier alpha value is -7.57. The van der Waals surface area contributed by atoms with Gasteiger partial charge < -0.3 is 15.9 Å². The summed E-state index contributed by atoms with van der Waals surface area (Å²) in [7, 11) is 0. The van der Waals surface area contributed by atoms with E-state index < -0.39 is 0 Å². The van der Waals surface area contributed by atoms with Crippen LogP contribution in [-0.4, -0.2) is 5.84 Å². The molecular formula is C57H43N3OS. The van der Waals surface area contributed by atoms with E-state index in [4.69, 9.17) is 21.3 Å². The van der Waals surface area contributed by atoms with Gasteiger partial charge in [-0.25, -0.2) is 0 Å². The maximum atomic E-state index is 7.01. The van der Waals surface area contributed by atoms with E-state index in [1.54, 1.807) is 0 Å². The molecule has 2 heterocycles. The summed E-state index contributed by atoms with van der Waals surface area (Å²) in [5, 5.41) is 19.8. The first kappa shape index (κ1) is 38.6. The highest BCUT2D eigenvalue weighted by atomic mass is 32.1. The number of nitrogens with two attached hydrogens (primary N) is 2. The molecule has 0 saturated heterocycles. The molecule has 0 amide bonds. The number of nitrogen functional groups attached to an aromatic ring is 1. The van der Waals surface area contributed by atoms with Gasteiger partial charge in [-0.2, -0.15) is 0 Å². The normalized spacial score (nSPS) is 11.3. The summed E-state index contributed by atoms with van der Waals surface area (Å²) in [5.74, 6) is 0.121. The maximum Gasteiger partial charge on any atom is 0.136 e. The predicted molar refractivity (Wildman–Crippen MR) is 267 cm³/mol. The lowest BCUT2D eigenvalue weighted by molar-refractivity contribution is 0.669. The minimum atomic E-state index is 0.121. The first-order chi connectivity index (χ1) is 30.4. The Kier molecular flexibility index (Phi) is 10.3. The van der Waals surface area contributed by atoms with Gasteiger partial charge in [0.15, 0.2) is 0 Å². The number of benzene rings is 10. The molecule has 10 aromatic carbocycles. The molecule has 0 radical (unpaired) electrons. The van der Waals surface area contributed by atoms with E-state index in [9.17, 15) is 0 Å². The van der Waals surface area contributed by atoms with Crippen LogP contribution < -0.4 is 11.5 Å². The van der Waals surface area contributed by atoms with Gasteiger partial charge in [0.05, 0.1) is 0 Å². The van der Waals surface area contributed by atoms with E-state index in [1.807, 2.05) is 41.7 Å². The van der Waals surface area contributed by atoms with Crippen molar-refractivity contribution in [1.82, 2.24) is 0 Å². The lowest BCUT2D eigenvalue weighted by Gasteiger charge is -2.12. The van der Waals surface area contributed by atoms with Crippen LogP contribution in [0.4, 0.5) is 0 Å². The molecular weight excluding hydrogens is 775 g/mol. The third-order valence-electron chi connectivity index (χ3n) is 11.7. The SMILES string of the molecule is Cc1cccc(-c2cccc3oc4ccc(-c5ccc6c7ccccc7c7ccccc7c6c5)cc4c23)c1.N=C(N)c1ccccc1.NCc1cccc2sc3ccccc3c12. The quantitative estimate of drug-likeness (QED) is 0.0939. The van der Waals surface area contributed by atoms with Crippen LogP contribution in [0.1, 0.15) is 16.7 Å². The topological polar surface area (TPSA) is 89.0 Å². The summed E-state index contributed by atoms with van der Waals surface area (Å²) in [5.41, 5.74) is 20.9. The minimum Gasteiger partial charge on any atom is -0.456 e. The minimum absolute atomic E-state index is 0.121. The Balaban J connectivity index is 0.000000155. The van der Waals surface area contributed by atoms with E-state index in [0.29, 0.717) is 6.54 Å². The summed E-state index contributed by atoms with van der Waals surface area (Å²) in [4.78, 5) is 0. The highest BCUT2D eigenvalue weighted by molar-refractivity contribution is 7.25. The van der Waals surface area contributed by atoms with Gasteiger partial charge in [0.1, 0.15) is 17.0 Å². The highest BCUT2D eigenvalue weighted by Gasteiger charge is 2.15. The van der Waals surface area contributed by atoms with Crippen molar-refractivity contribution in [1.29, 1.82) is 5.41 Å². The van der Waals surface area contributed by atoms with Crippen LogP contribution in [0, 0.1) is 12.3 Å². The van der Waals surface area contributed by atoms with Gasteiger partial charge in [0.2, 0.25) is 0 Å². The number of fused-ring (bicyclic) bond motifs is 12. The average molecular weight is 818 g/mol. The lowest BCUT2D eigenvalue weighted by Crippen LogP contribution is -2.10.